The Morgan fingerprint density at radius 1 is 1.42 bits per heavy atom. The minimum Gasteiger partial charge on any atom is -0.481 e. The maximum absolute atomic E-state index is 12.0. The lowest BCUT2D eigenvalue weighted by Crippen LogP contribution is -2.40. The van der Waals surface area contributed by atoms with E-state index in [9.17, 15) is 9.59 Å². The van der Waals surface area contributed by atoms with Gasteiger partial charge in [-0.05, 0) is 38.5 Å². The highest BCUT2D eigenvalue weighted by Gasteiger charge is 2.28. The fourth-order valence-corrected chi connectivity index (χ4v) is 1.66. The first-order chi connectivity index (χ1) is 8.74. The number of hydrogen-bond acceptors (Lipinski definition) is 2. The van der Waals surface area contributed by atoms with Crippen LogP contribution in [0.4, 0.5) is 0 Å². The van der Waals surface area contributed by atoms with Crippen molar-refractivity contribution >= 4 is 23.5 Å². The van der Waals surface area contributed by atoms with Crippen molar-refractivity contribution in [1.29, 1.82) is 0 Å². The SMILES string of the molecule is CC(C(=O)NCC(C)(C)C(=O)O)c1cccc(Cl)c1. The van der Waals surface area contributed by atoms with Crippen molar-refractivity contribution < 1.29 is 14.7 Å². The van der Waals surface area contributed by atoms with Gasteiger partial charge in [-0.3, -0.25) is 9.59 Å². The summed E-state index contributed by atoms with van der Waals surface area (Å²) in [5.41, 5.74) is -0.179. The van der Waals surface area contributed by atoms with Gasteiger partial charge >= 0.3 is 5.97 Å². The van der Waals surface area contributed by atoms with E-state index >= 15 is 0 Å². The van der Waals surface area contributed by atoms with E-state index < -0.39 is 11.4 Å². The molecule has 1 aromatic rings. The number of aliphatic carboxylic acids is 1. The second kappa shape index (κ2) is 6.06. The van der Waals surface area contributed by atoms with Crippen LogP contribution in [0.2, 0.25) is 5.02 Å². The molecule has 1 aromatic carbocycles. The van der Waals surface area contributed by atoms with Gasteiger partial charge in [-0.25, -0.2) is 0 Å². The minimum absolute atomic E-state index is 0.0894. The molecular weight excluding hydrogens is 266 g/mol. The number of benzene rings is 1. The van der Waals surface area contributed by atoms with Crippen molar-refractivity contribution in [2.75, 3.05) is 6.54 Å². The molecule has 0 spiro atoms. The standard InChI is InChI=1S/C14H18ClNO3/c1-9(10-5-4-6-11(15)7-10)12(17)16-8-14(2,3)13(18)19/h4-7,9H,8H2,1-3H3,(H,16,17)(H,18,19). The smallest absolute Gasteiger partial charge is 0.310 e. The van der Waals surface area contributed by atoms with E-state index in [1.54, 1.807) is 39.0 Å². The summed E-state index contributed by atoms with van der Waals surface area (Å²) in [7, 11) is 0. The van der Waals surface area contributed by atoms with E-state index in [1.165, 1.54) is 0 Å². The number of nitrogens with one attached hydrogen (secondary N) is 1. The molecule has 0 aliphatic heterocycles. The predicted octanol–water partition coefficient (Wildman–Crippen LogP) is 2.67. The molecule has 0 bridgehead atoms. The van der Waals surface area contributed by atoms with E-state index in [2.05, 4.69) is 5.32 Å². The van der Waals surface area contributed by atoms with Crippen LogP contribution in [0, 0.1) is 5.41 Å². The van der Waals surface area contributed by atoms with E-state index in [4.69, 9.17) is 16.7 Å². The van der Waals surface area contributed by atoms with Crippen LogP contribution in [-0.4, -0.2) is 23.5 Å². The van der Waals surface area contributed by atoms with Crippen molar-refractivity contribution in [2.24, 2.45) is 5.41 Å². The molecule has 0 saturated heterocycles. The van der Waals surface area contributed by atoms with Crippen LogP contribution in [0.15, 0.2) is 24.3 Å². The number of hydrogen-bond donors (Lipinski definition) is 2. The molecular formula is C14H18ClNO3. The lowest BCUT2D eigenvalue weighted by atomic mass is 9.93. The van der Waals surface area contributed by atoms with E-state index in [1.807, 2.05) is 6.07 Å². The monoisotopic (exact) mass is 283 g/mol. The molecule has 104 valence electrons. The third-order valence-corrected chi connectivity index (χ3v) is 3.26. The maximum atomic E-state index is 12.0. The quantitative estimate of drug-likeness (QED) is 0.873. The molecule has 1 unspecified atom stereocenters. The van der Waals surface area contributed by atoms with Crippen LogP contribution in [0.5, 0.6) is 0 Å². The van der Waals surface area contributed by atoms with Crippen LogP contribution in [-0.2, 0) is 9.59 Å². The average molecular weight is 284 g/mol. The van der Waals surface area contributed by atoms with Crippen LogP contribution in [0.3, 0.4) is 0 Å². The van der Waals surface area contributed by atoms with Crippen LogP contribution < -0.4 is 5.32 Å². The number of halogens is 1. The Hall–Kier alpha value is -1.55. The van der Waals surface area contributed by atoms with Gasteiger partial charge in [-0.2, -0.15) is 0 Å². The van der Waals surface area contributed by atoms with Gasteiger partial charge in [0.05, 0.1) is 11.3 Å². The Kier molecular flexibility index (Phi) is 4.95. The number of carboxylic acid groups (broad SMARTS) is 1. The van der Waals surface area contributed by atoms with Gasteiger partial charge in [-0.15, -0.1) is 0 Å². The molecule has 4 nitrogen and oxygen atoms in total. The molecule has 0 saturated carbocycles. The zero-order chi connectivity index (χ0) is 14.6. The van der Waals surface area contributed by atoms with Crippen molar-refractivity contribution in [1.82, 2.24) is 5.32 Å². The second-order valence-corrected chi connectivity index (χ2v) is 5.62. The molecule has 2 N–H and O–H groups in total. The molecule has 5 heteroatoms. The van der Waals surface area contributed by atoms with Crippen LogP contribution in [0.25, 0.3) is 0 Å². The normalized spacial score (nSPS) is 12.8. The number of amides is 1. The highest BCUT2D eigenvalue weighted by atomic mass is 35.5. The summed E-state index contributed by atoms with van der Waals surface area (Å²) in [6.45, 7) is 4.99. The van der Waals surface area contributed by atoms with Crippen molar-refractivity contribution in [3.8, 4) is 0 Å². The lowest BCUT2D eigenvalue weighted by molar-refractivity contribution is -0.146. The zero-order valence-electron chi connectivity index (χ0n) is 11.2. The summed E-state index contributed by atoms with van der Waals surface area (Å²) in [6.07, 6.45) is 0. The second-order valence-electron chi connectivity index (χ2n) is 5.18. The highest BCUT2D eigenvalue weighted by molar-refractivity contribution is 6.30. The Morgan fingerprint density at radius 3 is 2.58 bits per heavy atom. The molecule has 0 radical (unpaired) electrons. The number of carbonyl (C=O) groups excluding carboxylic acids is 1. The first-order valence-electron chi connectivity index (χ1n) is 6.00. The number of carbonyl (C=O) groups is 2. The summed E-state index contributed by atoms with van der Waals surface area (Å²) in [5, 5.41) is 12.2. The van der Waals surface area contributed by atoms with Gasteiger partial charge in [-0.1, -0.05) is 23.7 Å². The van der Waals surface area contributed by atoms with Gasteiger partial charge in [0.15, 0.2) is 0 Å². The molecule has 0 aliphatic rings. The largest absolute Gasteiger partial charge is 0.481 e. The number of carboxylic acids is 1. The topological polar surface area (TPSA) is 66.4 Å². The average Bonchev–Trinajstić information content (AvgIpc) is 2.35. The fourth-order valence-electron chi connectivity index (χ4n) is 1.46. The van der Waals surface area contributed by atoms with Gasteiger partial charge in [0, 0.05) is 11.6 Å². The predicted molar refractivity (Wildman–Crippen MR) is 74.3 cm³/mol. The van der Waals surface area contributed by atoms with E-state index in [0.29, 0.717) is 5.02 Å². The van der Waals surface area contributed by atoms with Gasteiger partial charge in [0.2, 0.25) is 5.91 Å². The number of rotatable bonds is 5. The molecule has 0 aromatic heterocycles. The van der Waals surface area contributed by atoms with Crippen LogP contribution in [0.1, 0.15) is 32.3 Å². The summed E-state index contributed by atoms with van der Waals surface area (Å²) >= 11 is 5.88. The molecule has 1 rings (SSSR count). The Balaban J connectivity index is 2.66. The molecule has 19 heavy (non-hydrogen) atoms. The first kappa shape index (κ1) is 15.5. The maximum Gasteiger partial charge on any atom is 0.310 e. The molecule has 1 amide bonds. The van der Waals surface area contributed by atoms with Crippen molar-refractivity contribution in [2.45, 2.75) is 26.7 Å². The first-order valence-corrected chi connectivity index (χ1v) is 6.38. The summed E-state index contributed by atoms with van der Waals surface area (Å²) in [6, 6.07) is 7.07. The van der Waals surface area contributed by atoms with Gasteiger partial charge in [0.1, 0.15) is 0 Å². The van der Waals surface area contributed by atoms with Crippen molar-refractivity contribution in [3.63, 3.8) is 0 Å². The Morgan fingerprint density at radius 2 is 2.05 bits per heavy atom. The third-order valence-electron chi connectivity index (χ3n) is 3.03. The summed E-state index contributed by atoms with van der Waals surface area (Å²) < 4.78 is 0. The van der Waals surface area contributed by atoms with E-state index in [0.717, 1.165) is 5.56 Å². The Bertz CT molecular complexity index is 485. The Labute approximate surface area is 117 Å². The van der Waals surface area contributed by atoms with Crippen LogP contribution >= 0.6 is 11.6 Å². The molecule has 1 atom stereocenters. The van der Waals surface area contributed by atoms with E-state index in [-0.39, 0.29) is 18.4 Å². The molecule has 0 fully saturated rings. The summed E-state index contributed by atoms with van der Waals surface area (Å²) in [4.78, 5) is 22.9. The summed E-state index contributed by atoms with van der Waals surface area (Å²) in [5.74, 6) is -1.52. The molecule has 0 heterocycles. The third kappa shape index (κ3) is 4.24. The fraction of sp³-hybridized carbons (Fsp3) is 0.429. The zero-order valence-corrected chi connectivity index (χ0v) is 12.0. The highest BCUT2D eigenvalue weighted by Crippen LogP contribution is 2.20. The minimum atomic E-state index is -0.982. The lowest BCUT2D eigenvalue weighted by Gasteiger charge is -2.21. The van der Waals surface area contributed by atoms with Gasteiger partial charge < -0.3 is 10.4 Å². The van der Waals surface area contributed by atoms with Gasteiger partial charge in [0.25, 0.3) is 0 Å². The van der Waals surface area contributed by atoms with Crippen molar-refractivity contribution in [3.05, 3.63) is 34.9 Å². The molecule has 0 aliphatic carbocycles.